The minimum atomic E-state index is -1.25. The van der Waals surface area contributed by atoms with Crippen LogP contribution < -0.4 is 5.32 Å². The summed E-state index contributed by atoms with van der Waals surface area (Å²) in [7, 11) is 0. The zero-order valence-corrected chi connectivity index (χ0v) is 29.1. The molecule has 2 aromatic carbocycles. The molecule has 272 valence electrons. The second-order valence-electron chi connectivity index (χ2n) is 13.6. The van der Waals surface area contributed by atoms with E-state index < -0.39 is 12.1 Å². The van der Waals surface area contributed by atoms with Gasteiger partial charge in [0.25, 0.3) is 5.91 Å². The number of pyridine rings is 1. The summed E-state index contributed by atoms with van der Waals surface area (Å²) < 4.78 is 5.42. The van der Waals surface area contributed by atoms with Crippen molar-refractivity contribution in [3.8, 4) is 33.8 Å². The Morgan fingerprint density at radius 3 is 1.96 bits per heavy atom. The molecule has 0 aliphatic carbocycles. The third kappa shape index (κ3) is 7.09. The van der Waals surface area contributed by atoms with Gasteiger partial charge in [-0.2, -0.15) is 0 Å². The molecule has 0 bridgehead atoms. The van der Waals surface area contributed by atoms with Gasteiger partial charge in [-0.15, -0.1) is 0 Å². The largest absolute Gasteiger partial charge is 0.465 e. The molecule has 0 radical (unpaired) electrons. The number of carboxylic acid groups (broad SMARTS) is 1. The highest BCUT2D eigenvalue weighted by molar-refractivity contribution is 5.87. The van der Waals surface area contributed by atoms with Crippen LogP contribution in [0.5, 0.6) is 0 Å². The van der Waals surface area contributed by atoms with Crippen LogP contribution in [0.4, 0.5) is 9.59 Å². The number of carbonyl (C=O) groups is 3. The number of benzene rings is 2. The molecule has 14 heteroatoms. The fraction of sp³-hybridized carbons (Fsp3) is 0.333. The van der Waals surface area contributed by atoms with Crippen molar-refractivity contribution in [2.24, 2.45) is 0 Å². The fourth-order valence-electron chi connectivity index (χ4n) is 7.60. The SMILES string of the molecule is O=C(O)N[C@@H](C(=O)N1CCC[C@H]1c1ncc(-c2ccc(-c3ccc(-c4cnc([C@@H]5CCCN5C(=O)N5CCOCC5)[nH]4)cn3)cc2)[nH]1)c1ccccc1. The molecule has 3 fully saturated rings. The van der Waals surface area contributed by atoms with Crippen molar-refractivity contribution < 1.29 is 24.2 Å². The Hall–Kier alpha value is -6.02. The number of H-pyrrole nitrogens is 2. The van der Waals surface area contributed by atoms with Crippen LogP contribution >= 0.6 is 0 Å². The first-order valence-corrected chi connectivity index (χ1v) is 18.1. The smallest absolute Gasteiger partial charge is 0.405 e. The molecule has 4 amide bonds. The lowest BCUT2D eigenvalue weighted by Gasteiger charge is -2.33. The van der Waals surface area contributed by atoms with Gasteiger partial charge in [0.1, 0.15) is 17.7 Å². The van der Waals surface area contributed by atoms with Gasteiger partial charge < -0.3 is 39.8 Å². The maximum absolute atomic E-state index is 13.7. The zero-order chi connectivity index (χ0) is 36.3. The van der Waals surface area contributed by atoms with Crippen LogP contribution in [0, 0.1) is 0 Å². The van der Waals surface area contributed by atoms with Crippen molar-refractivity contribution in [2.45, 2.75) is 43.8 Å². The molecule has 0 unspecified atom stereocenters. The molecule has 3 aliphatic rings. The Morgan fingerprint density at radius 1 is 0.717 bits per heavy atom. The van der Waals surface area contributed by atoms with Crippen LogP contribution in [0.15, 0.2) is 85.3 Å². The highest BCUT2D eigenvalue weighted by Crippen LogP contribution is 2.35. The summed E-state index contributed by atoms with van der Waals surface area (Å²) in [5, 5.41) is 11.9. The normalized spacial score (nSPS) is 19.4. The number of aromatic nitrogens is 5. The van der Waals surface area contributed by atoms with Gasteiger partial charge in [-0.05, 0) is 48.9 Å². The topological polar surface area (TPSA) is 173 Å². The van der Waals surface area contributed by atoms with Crippen LogP contribution in [0.25, 0.3) is 33.8 Å². The van der Waals surface area contributed by atoms with Crippen LogP contribution in [-0.4, -0.2) is 102 Å². The third-order valence-electron chi connectivity index (χ3n) is 10.4. The first kappa shape index (κ1) is 34.1. The van der Waals surface area contributed by atoms with E-state index >= 15 is 0 Å². The zero-order valence-electron chi connectivity index (χ0n) is 29.1. The van der Waals surface area contributed by atoms with Crippen LogP contribution in [0.1, 0.15) is 61.0 Å². The maximum atomic E-state index is 13.7. The van der Waals surface area contributed by atoms with E-state index in [-0.39, 0.29) is 24.0 Å². The molecule has 6 heterocycles. The minimum Gasteiger partial charge on any atom is -0.465 e. The summed E-state index contributed by atoms with van der Waals surface area (Å²) in [6.07, 6.45) is 7.48. The Morgan fingerprint density at radius 2 is 1.32 bits per heavy atom. The number of hydrogen-bond acceptors (Lipinski definition) is 7. The van der Waals surface area contributed by atoms with Gasteiger partial charge in [0.2, 0.25) is 0 Å². The molecular weight excluding hydrogens is 674 g/mol. The van der Waals surface area contributed by atoms with Gasteiger partial charge in [-0.3, -0.25) is 9.78 Å². The lowest BCUT2D eigenvalue weighted by Crippen LogP contribution is -2.48. The van der Waals surface area contributed by atoms with Crippen molar-refractivity contribution >= 4 is 18.0 Å². The first-order chi connectivity index (χ1) is 25.9. The lowest BCUT2D eigenvalue weighted by atomic mass is 10.0. The molecular formula is C39H41N9O5. The average Bonchev–Trinajstić information content (AvgIpc) is 4.04. The number of morpholine rings is 1. The van der Waals surface area contributed by atoms with Crippen molar-refractivity contribution in [3.63, 3.8) is 0 Å². The number of rotatable bonds is 8. The minimum absolute atomic E-state index is 0.0515. The molecule has 53 heavy (non-hydrogen) atoms. The molecule has 4 N–H and O–H groups in total. The molecule has 3 aromatic heterocycles. The van der Waals surface area contributed by atoms with E-state index in [1.165, 1.54) is 0 Å². The van der Waals surface area contributed by atoms with E-state index in [1.54, 1.807) is 35.4 Å². The van der Waals surface area contributed by atoms with E-state index in [9.17, 15) is 19.5 Å². The van der Waals surface area contributed by atoms with Gasteiger partial charge in [-0.25, -0.2) is 19.6 Å². The summed E-state index contributed by atoms with van der Waals surface area (Å²) in [6, 6.07) is 19.6. The van der Waals surface area contributed by atoms with E-state index in [1.807, 2.05) is 64.7 Å². The van der Waals surface area contributed by atoms with E-state index in [0.717, 1.165) is 71.8 Å². The van der Waals surface area contributed by atoms with Gasteiger partial charge in [0.15, 0.2) is 0 Å². The number of carbonyl (C=O) groups excluding carboxylic acids is 2. The van der Waals surface area contributed by atoms with Gasteiger partial charge in [0.05, 0.1) is 54.8 Å². The van der Waals surface area contributed by atoms with Crippen molar-refractivity contribution in [1.82, 2.24) is 44.9 Å². The predicted molar refractivity (Wildman–Crippen MR) is 195 cm³/mol. The predicted octanol–water partition coefficient (Wildman–Crippen LogP) is 5.79. The quantitative estimate of drug-likeness (QED) is 0.156. The van der Waals surface area contributed by atoms with Crippen LogP contribution in [-0.2, 0) is 9.53 Å². The number of hydrogen-bond donors (Lipinski definition) is 4. The van der Waals surface area contributed by atoms with Crippen molar-refractivity contribution in [3.05, 3.63) is 103 Å². The Labute approximate surface area is 306 Å². The number of aromatic amines is 2. The van der Waals surface area contributed by atoms with Crippen molar-refractivity contribution in [1.29, 1.82) is 0 Å². The molecule has 0 spiro atoms. The molecule has 0 saturated carbocycles. The highest BCUT2D eigenvalue weighted by atomic mass is 16.5. The van der Waals surface area contributed by atoms with Crippen LogP contribution in [0.3, 0.4) is 0 Å². The lowest BCUT2D eigenvalue weighted by molar-refractivity contribution is -0.134. The molecule has 3 aliphatic heterocycles. The highest BCUT2D eigenvalue weighted by Gasteiger charge is 2.37. The second-order valence-corrected chi connectivity index (χ2v) is 13.6. The fourth-order valence-corrected chi connectivity index (χ4v) is 7.60. The first-order valence-electron chi connectivity index (χ1n) is 18.1. The number of imidazole rings is 2. The number of urea groups is 1. The summed E-state index contributed by atoms with van der Waals surface area (Å²) in [6.45, 7) is 3.62. The number of nitrogens with one attached hydrogen (secondary N) is 3. The molecule has 14 nitrogen and oxygen atoms in total. The van der Waals surface area contributed by atoms with E-state index in [4.69, 9.17) is 9.72 Å². The van der Waals surface area contributed by atoms with Crippen molar-refractivity contribution in [2.75, 3.05) is 39.4 Å². The van der Waals surface area contributed by atoms with Gasteiger partial charge in [-0.1, -0.05) is 54.6 Å². The Bertz CT molecular complexity index is 2060. The second kappa shape index (κ2) is 14.9. The summed E-state index contributed by atoms with van der Waals surface area (Å²) in [5.41, 5.74) is 5.89. The molecule has 5 aromatic rings. The van der Waals surface area contributed by atoms with Gasteiger partial charge in [0, 0.05) is 43.5 Å². The third-order valence-corrected chi connectivity index (χ3v) is 10.4. The maximum Gasteiger partial charge on any atom is 0.405 e. The molecule has 8 rings (SSSR count). The van der Waals surface area contributed by atoms with E-state index in [0.29, 0.717) is 44.2 Å². The monoisotopic (exact) mass is 715 g/mol. The number of likely N-dealkylation sites (tertiary alicyclic amines) is 2. The summed E-state index contributed by atoms with van der Waals surface area (Å²) >= 11 is 0. The number of nitrogens with zero attached hydrogens (tertiary/aromatic N) is 6. The van der Waals surface area contributed by atoms with Gasteiger partial charge >= 0.3 is 12.1 Å². The molecule has 3 saturated heterocycles. The van der Waals surface area contributed by atoms with Crippen LogP contribution in [0.2, 0.25) is 0 Å². The Balaban J connectivity index is 0.925. The number of ether oxygens (including phenoxy) is 1. The Kier molecular flexibility index (Phi) is 9.59. The summed E-state index contributed by atoms with van der Waals surface area (Å²) in [4.78, 5) is 64.9. The molecule has 3 atom stereocenters. The standard InChI is InChI=1S/C39H41N9O5/c49-37(34(45-38(50)51)27-6-2-1-3-7-27)47-16-4-8-32(47)35-41-23-30(43-35)26-12-10-25(11-13-26)29-15-14-28(22-40-29)31-24-42-36(44-31)33-9-5-17-48(33)39(52)46-18-20-53-21-19-46/h1-3,6-7,10-15,22-24,32-34,45H,4-5,8-9,16-21H2,(H,41,43)(H,42,44)(H,50,51)/t32-,33-,34+/m0/s1. The van der Waals surface area contributed by atoms with E-state index in [2.05, 4.69) is 25.3 Å². The average molecular weight is 716 g/mol. The summed E-state index contributed by atoms with van der Waals surface area (Å²) in [5.74, 6) is 1.16. The number of amides is 4.